The van der Waals surface area contributed by atoms with Crippen LogP contribution in [0.15, 0.2) is 24.3 Å². The second-order valence-corrected chi connectivity index (χ2v) is 3.56. The average molecular weight is 233 g/mol. The first-order valence-electron chi connectivity index (χ1n) is 5.18. The molecule has 0 saturated heterocycles. The third-order valence-electron chi connectivity index (χ3n) is 2.29. The summed E-state index contributed by atoms with van der Waals surface area (Å²) >= 11 is 0. The first kappa shape index (κ1) is 13.0. The molecule has 0 unspecified atom stereocenters. The Labute approximate surface area is 100 Å². The summed E-state index contributed by atoms with van der Waals surface area (Å²) in [6.07, 6.45) is 3.01. The molecule has 1 aromatic rings. The van der Waals surface area contributed by atoms with Crippen LogP contribution >= 0.6 is 0 Å². The Balaban J connectivity index is 2.98. The lowest BCUT2D eigenvalue weighted by Gasteiger charge is -2.08. The molecule has 0 atom stereocenters. The Morgan fingerprint density at radius 2 is 2.06 bits per heavy atom. The van der Waals surface area contributed by atoms with Crippen LogP contribution in [-0.4, -0.2) is 19.0 Å². The molecule has 0 aliphatic rings. The molecule has 0 aliphatic carbocycles. The smallest absolute Gasteiger partial charge is 0.330 e. The quantitative estimate of drug-likeness (QED) is 0.642. The van der Waals surface area contributed by atoms with E-state index >= 15 is 0 Å². The van der Waals surface area contributed by atoms with Crippen molar-refractivity contribution in [1.29, 1.82) is 0 Å². The zero-order chi connectivity index (χ0) is 12.8. The second kappa shape index (κ2) is 5.84. The fourth-order valence-electron chi connectivity index (χ4n) is 1.38. The van der Waals surface area contributed by atoms with Crippen LogP contribution in [0.1, 0.15) is 18.1 Å². The van der Waals surface area contributed by atoms with E-state index in [1.807, 2.05) is 25.1 Å². The highest BCUT2D eigenvalue weighted by atomic mass is 16.5. The number of carbonyl (C=O) groups is 2. The Hall–Kier alpha value is -2.10. The lowest BCUT2D eigenvalue weighted by atomic mass is 10.1. The maximum atomic E-state index is 11.0. The summed E-state index contributed by atoms with van der Waals surface area (Å²) in [5.74, 6) is -0.531. The number of methoxy groups -OCH3 is 1. The minimum absolute atomic E-state index is 0.123. The van der Waals surface area contributed by atoms with Gasteiger partial charge in [-0.2, -0.15) is 0 Å². The van der Waals surface area contributed by atoms with E-state index in [2.05, 4.69) is 10.1 Å². The molecule has 0 saturated carbocycles. The van der Waals surface area contributed by atoms with Crippen molar-refractivity contribution in [3.8, 4) is 0 Å². The van der Waals surface area contributed by atoms with Gasteiger partial charge in [0.2, 0.25) is 5.91 Å². The van der Waals surface area contributed by atoms with Crippen LogP contribution in [0, 0.1) is 6.92 Å². The molecule has 0 heterocycles. The van der Waals surface area contributed by atoms with Crippen LogP contribution in [0.4, 0.5) is 5.69 Å². The monoisotopic (exact) mass is 233 g/mol. The predicted molar refractivity (Wildman–Crippen MR) is 66.5 cm³/mol. The minimum atomic E-state index is -0.408. The molecule has 0 fully saturated rings. The summed E-state index contributed by atoms with van der Waals surface area (Å²) in [4.78, 5) is 22.0. The topological polar surface area (TPSA) is 55.4 Å². The van der Waals surface area contributed by atoms with Crippen LogP contribution in [-0.2, 0) is 14.3 Å². The number of hydrogen-bond donors (Lipinski definition) is 1. The molecule has 4 heteroatoms. The number of amides is 1. The zero-order valence-electron chi connectivity index (χ0n) is 10.1. The van der Waals surface area contributed by atoms with Crippen LogP contribution in [0.2, 0.25) is 0 Å². The highest BCUT2D eigenvalue weighted by Crippen LogP contribution is 2.20. The first-order valence-corrected chi connectivity index (χ1v) is 5.18. The highest BCUT2D eigenvalue weighted by Gasteiger charge is 2.03. The van der Waals surface area contributed by atoms with Gasteiger partial charge in [0.25, 0.3) is 0 Å². The van der Waals surface area contributed by atoms with Gasteiger partial charge in [0.1, 0.15) is 0 Å². The van der Waals surface area contributed by atoms with E-state index in [0.29, 0.717) is 0 Å². The van der Waals surface area contributed by atoms with Gasteiger partial charge < -0.3 is 10.1 Å². The maximum absolute atomic E-state index is 11.0. The van der Waals surface area contributed by atoms with Crippen molar-refractivity contribution >= 4 is 23.6 Å². The van der Waals surface area contributed by atoms with Gasteiger partial charge in [0.05, 0.1) is 7.11 Å². The zero-order valence-corrected chi connectivity index (χ0v) is 10.1. The second-order valence-electron chi connectivity index (χ2n) is 3.56. The van der Waals surface area contributed by atoms with E-state index in [4.69, 9.17) is 0 Å². The molecule has 0 bridgehead atoms. The van der Waals surface area contributed by atoms with Crippen molar-refractivity contribution in [3.05, 3.63) is 35.4 Å². The molecular formula is C13H15NO3. The molecule has 90 valence electrons. The fraction of sp³-hybridized carbons (Fsp3) is 0.231. The minimum Gasteiger partial charge on any atom is -0.466 e. The molecule has 4 nitrogen and oxygen atoms in total. The Morgan fingerprint density at radius 3 is 2.65 bits per heavy atom. The predicted octanol–water partition coefficient (Wildman–Crippen LogP) is 2.14. The molecular weight excluding hydrogens is 218 g/mol. The number of nitrogens with one attached hydrogen (secondary N) is 1. The van der Waals surface area contributed by atoms with Gasteiger partial charge in [0.15, 0.2) is 0 Å². The summed E-state index contributed by atoms with van der Waals surface area (Å²) in [7, 11) is 1.33. The van der Waals surface area contributed by atoms with Crippen LogP contribution < -0.4 is 5.32 Å². The van der Waals surface area contributed by atoms with Gasteiger partial charge in [-0.05, 0) is 30.2 Å². The van der Waals surface area contributed by atoms with Gasteiger partial charge >= 0.3 is 5.97 Å². The number of carbonyl (C=O) groups excluding carboxylic acids is 2. The van der Waals surface area contributed by atoms with Gasteiger partial charge in [0, 0.05) is 18.7 Å². The number of ether oxygens (including phenoxy) is 1. The van der Waals surface area contributed by atoms with E-state index in [9.17, 15) is 9.59 Å². The van der Waals surface area contributed by atoms with Crippen LogP contribution in [0.5, 0.6) is 0 Å². The molecule has 0 spiro atoms. The number of anilines is 1. The van der Waals surface area contributed by atoms with Gasteiger partial charge in [-0.15, -0.1) is 0 Å². The first-order chi connectivity index (χ1) is 8.04. The Kier molecular flexibility index (Phi) is 4.46. The average Bonchev–Trinajstić information content (AvgIpc) is 2.29. The van der Waals surface area contributed by atoms with Gasteiger partial charge in [-0.3, -0.25) is 4.79 Å². The third kappa shape index (κ3) is 3.75. The normalized spacial score (nSPS) is 10.3. The maximum Gasteiger partial charge on any atom is 0.330 e. The molecule has 0 aliphatic heterocycles. The standard InChI is InChI=1S/C13H15NO3/c1-9-11(7-8-13(16)17-3)5-4-6-12(9)14-10(2)15/h4-8H,1-3H3,(H,14,15). The van der Waals surface area contributed by atoms with Crippen molar-refractivity contribution in [2.45, 2.75) is 13.8 Å². The van der Waals surface area contributed by atoms with E-state index < -0.39 is 5.97 Å². The van der Waals surface area contributed by atoms with E-state index in [1.54, 1.807) is 6.08 Å². The lowest BCUT2D eigenvalue weighted by Crippen LogP contribution is -2.07. The van der Waals surface area contributed by atoms with Crippen molar-refractivity contribution in [2.75, 3.05) is 12.4 Å². The largest absolute Gasteiger partial charge is 0.466 e. The van der Waals surface area contributed by atoms with Crippen LogP contribution in [0.25, 0.3) is 6.08 Å². The Bertz CT molecular complexity index is 464. The number of benzene rings is 1. The number of esters is 1. The van der Waals surface area contributed by atoms with Crippen molar-refractivity contribution in [1.82, 2.24) is 0 Å². The van der Waals surface area contributed by atoms with Gasteiger partial charge in [-0.1, -0.05) is 12.1 Å². The van der Waals surface area contributed by atoms with Crippen molar-refractivity contribution in [2.24, 2.45) is 0 Å². The summed E-state index contributed by atoms with van der Waals surface area (Å²) in [6, 6.07) is 5.49. The molecule has 17 heavy (non-hydrogen) atoms. The number of rotatable bonds is 3. The summed E-state index contributed by atoms with van der Waals surface area (Å²) in [6.45, 7) is 3.33. The fourth-order valence-corrected chi connectivity index (χ4v) is 1.38. The van der Waals surface area contributed by atoms with E-state index in [-0.39, 0.29) is 5.91 Å². The van der Waals surface area contributed by atoms with E-state index in [0.717, 1.165) is 16.8 Å². The molecule has 1 aromatic carbocycles. The highest BCUT2D eigenvalue weighted by molar-refractivity contribution is 5.91. The van der Waals surface area contributed by atoms with Crippen molar-refractivity contribution in [3.63, 3.8) is 0 Å². The summed E-state index contributed by atoms with van der Waals surface area (Å²) in [5, 5.41) is 2.73. The Morgan fingerprint density at radius 1 is 1.35 bits per heavy atom. The summed E-state index contributed by atoms with van der Waals surface area (Å²) < 4.78 is 4.51. The lowest BCUT2D eigenvalue weighted by molar-refractivity contribution is -0.134. The molecule has 1 amide bonds. The molecule has 0 radical (unpaired) electrons. The number of hydrogen-bond acceptors (Lipinski definition) is 3. The molecule has 1 N–H and O–H groups in total. The van der Waals surface area contributed by atoms with E-state index in [1.165, 1.54) is 20.1 Å². The SMILES string of the molecule is COC(=O)C=Cc1cccc(NC(C)=O)c1C. The summed E-state index contributed by atoms with van der Waals surface area (Å²) in [5.41, 5.74) is 2.51. The molecule has 1 rings (SSSR count). The third-order valence-corrected chi connectivity index (χ3v) is 2.29. The van der Waals surface area contributed by atoms with Crippen molar-refractivity contribution < 1.29 is 14.3 Å². The van der Waals surface area contributed by atoms with Gasteiger partial charge in [-0.25, -0.2) is 4.79 Å². The van der Waals surface area contributed by atoms with Crippen LogP contribution in [0.3, 0.4) is 0 Å². The molecule has 0 aromatic heterocycles.